The fraction of sp³-hybridized carbons (Fsp3) is 0.714. The predicted octanol–water partition coefficient (Wildman–Crippen LogP) is 1.83. The normalized spacial score (nSPS) is 17.1. The fourth-order valence-electron chi connectivity index (χ4n) is 2.67. The molecule has 0 atom stereocenters. The van der Waals surface area contributed by atoms with Crippen molar-refractivity contribution < 1.29 is 9.90 Å². The quantitative estimate of drug-likeness (QED) is 0.642. The lowest BCUT2D eigenvalue weighted by Crippen LogP contribution is -2.38. The third kappa shape index (κ3) is 3.85. The first-order valence-electron chi connectivity index (χ1n) is 7.38. The molecule has 0 spiro atoms. The number of nitrogen functional groups attached to an aromatic ring is 1. The highest BCUT2D eigenvalue weighted by Crippen LogP contribution is 2.37. The standard InChI is InChI=1S/C14H24N4O2S/c1-9(2)17-13-18-11(15)10(21-13)12(20)16-7-14(8-19)5-3-4-6-14/h9,19H,3-8,15H2,1-2H3,(H,16,20)(H,17,18). The van der Waals surface area contributed by atoms with Crippen molar-refractivity contribution in [3.63, 3.8) is 0 Å². The molecular weight excluding hydrogens is 288 g/mol. The van der Waals surface area contributed by atoms with Crippen molar-refractivity contribution in [2.75, 3.05) is 24.2 Å². The van der Waals surface area contributed by atoms with Crippen LogP contribution in [0.15, 0.2) is 0 Å². The zero-order valence-corrected chi connectivity index (χ0v) is 13.4. The molecule has 0 bridgehead atoms. The Morgan fingerprint density at radius 1 is 1.48 bits per heavy atom. The molecule has 0 unspecified atom stereocenters. The highest BCUT2D eigenvalue weighted by molar-refractivity contribution is 7.18. The van der Waals surface area contributed by atoms with Gasteiger partial charge in [-0.1, -0.05) is 24.2 Å². The highest BCUT2D eigenvalue weighted by Gasteiger charge is 2.33. The third-order valence-electron chi connectivity index (χ3n) is 3.90. The van der Waals surface area contributed by atoms with Crippen molar-refractivity contribution in [2.45, 2.75) is 45.6 Å². The molecule has 5 N–H and O–H groups in total. The number of aliphatic hydroxyl groups is 1. The van der Waals surface area contributed by atoms with Gasteiger partial charge in [0.25, 0.3) is 5.91 Å². The summed E-state index contributed by atoms with van der Waals surface area (Å²) in [6.07, 6.45) is 4.15. The Morgan fingerprint density at radius 2 is 2.14 bits per heavy atom. The molecule has 0 aliphatic heterocycles. The molecule has 7 heteroatoms. The van der Waals surface area contributed by atoms with Crippen LogP contribution >= 0.6 is 11.3 Å². The van der Waals surface area contributed by atoms with Gasteiger partial charge in [0.1, 0.15) is 10.7 Å². The van der Waals surface area contributed by atoms with Gasteiger partial charge in [-0.05, 0) is 26.7 Å². The van der Waals surface area contributed by atoms with Gasteiger partial charge >= 0.3 is 0 Å². The first-order valence-corrected chi connectivity index (χ1v) is 8.19. The largest absolute Gasteiger partial charge is 0.396 e. The number of amides is 1. The van der Waals surface area contributed by atoms with Gasteiger partial charge < -0.3 is 21.5 Å². The SMILES string of the molecule is CC(C)Nc1nc(N)c(C(=O)NCC2(CO)CCCC2)s1. The molecule has 21 heavy (non-hydrogen) atoms. The number of hydrogen-bond donors (Lipinski definition) is 4. The number of rotatable bonds is 6. The van der Waals surface area contributed by atoms with Crippen molar-refractivity contribution in [3.05, 3.63) is 4.88 Å². The van der Waals surface area contributed by atoms with E-state index in [1.807, 2.05) is 13.8 Å². The smallest absolute Gasteiger partial charge is 0.265 e. The molecule has 2 rings (SSSR count). The van der Waals surface area contributed by atoms with Crippen LogP contribution in [-0.2, 0) is 0 Å². The van der Waals surface area contributed by atoms with Crippen LogP contribution in [0.1, 0.15) is 49.2 Å². The second-order valence-corrected chi connectivity index (χ2v) is 7.08. The number of thiazole rings is 1. The lowest BCUT2D eigenvalue weighted by atomic mass is 9.87. The predicted molar refractivity (Wildman–Crippen MR) is 85.6 cm³/mol. The van der Waals surface area contributed by atoms with Crippen molar-refractivity contribution in [3.8, 4) is 0 Å². The molecule has 1 heterocycles. The summed E-state index contributed by atoms with van der Waals surface area (Å²) in [7, 11) is 0. The molecule has 1 saturated carbocycles. The third-order valence-corrected chi connectivity index (χ3v) is 4.90. The van der Waals surface area contributed by atoms with Crippen LogP contribution in [0.2, 0.25) is 0 Å². The Kier molecular flexibility index (Phi) is 5.05. The Hall–Kier alpha value is -1.34. The molecule has 118 valence electrons. The van der Waals surface area contributed by atoms with E-state index >= 15 is 0 Å². The van der Waals surface area contributed by atoms with Crippen molar-refractivity contribution >= 4 is 28.2 Å². The van der Waals surface area contributed by atoms with Crippen LogP contribution in [0, 0.1) is 5.41 Å². The summed E-state index contributed by atoms with van der Waals surface area (Å²) in [5.41, 5.74) is 5.66. The first kappa shape index (κ1) is 16.0. The van der Waals surface area contributed by atoms with Crippen molar-refractivity contribution in [2.24, 2.45) is 5.41 Å². The van der Waals surface area contributed by atoms with Crippen molar-refractivity contribution in [1.29, 1.82) is 0 Å². The molecule has 1 amide bonds. The zero-order chi connectivity index (χ0) is 15.5. The molecule has 1 aliphatic carbocycles. The van der Waals surface area contributed by atoms with Crippen LogP contribution in [0.4, 0.5) is 10.9 Å². The van der Waals surface area contributed by atoms with E-state index in [1.165, 1.54) is 11.3 Å². The number of hydrogen-bond acceptors (Lipinski definition) is 6. The average Bonchev–Trinajstić information content (AvgIpc) is 3.03. The topological polar surface area (TPSA) is 100 Å². The molecule has 1 fully saturated rings. The Morgan fingerprint density at radius 3 is 2.71 bits per heavy atom. The van der Waals surface area contributed by atoms with Crippen LogP contribution in [-0.4, -0.2) is 35.2 Å². The maximum atomic E-state index is 12.2. The number of nitrogens with two attached hydrogens (primary N) is 1. The Bertz CT molecular complexity index is 495. The molecule has 1 aromatic rings. The number of nitrogens with one attached hydrogen (secondary N) is 2. The summed E-state index contributed by atoms with van der Waals surface area (Å²) in [4.78, 5) is 16.8. The minimum Gasteiger partial charge on any atom is -0.396 e. The monoisotopic (exact) mass is 312 g/mol. The van der Waals surface area contributed by atoms with Gasteiger partial charge in [-0.25, -0.2) is 4.98 Å². The summed E-state index contributed by atoms with van der Waals surface area (Å²) < 4.78 is 0. The van der Waals surface area contributed by atoms with E-state index in [0.29, 0.717) is 16.6 Å². The zero-order valence-electron chi connectivity index (χ0n) is 12.6. The molecular formula is C14H24N4O2S. The van der Waals surface area contributed by atoms with E-state index in [0.717, 1.165) is 25.7 Å². The number of nitrogens with zero attached hydrogens (tertiary/aromatic N) is 1. The molecule has 6 nitrogen and oxygen atoms in total. The second-order valence-electron chi connectivity index (χ2n) is 6.08. The van der Waals surface area contributed by atoms with E-state index in [9.17, 15) is 9.90 Å². The van der Waals surface area contributed by atoms with E-state index in [4.69, 9.17) is 5.73 Å². The van der Waals surface area contributed by atoms with Gasteiger partial charge in [-0.15, -0.1) is 0 Å². The average molecular weight is 312 g/mol. The highest BCUT2D eigenvalue weighted by atomic mass is 32.1. The molecule has 0 radical (unpaired) electrons. The van der Waals surface area contributed by atoms with Gasteiger partial charge in [0.15, 0.2) is 5.13 Å². The van der Waals surface area contributed by atoms with Crippen LogP contribution in [0.3, 0.4) is 0 Å². The lowest BCUT2D eigenvalue weighted by molar-refractivity contribution is 0.0885. The van der Waals surface area contributed by atoms with Crippen LogP contribution in [0.25, 0.3) is 0 Å². The van der Waals surface area contributed by atoms with E-state index in [1.54, 1.807) is 0 Å². The van der Waals surface area contributed by atoms with Gasteiger partial charge in [0.2, 0.25) is 0 Å². The van der Waals surface area contributed by atoms with Crippen LogP contribution < -0.4 is 16.4 Å². The van der Waals surface area contributed by atoms with Crippen molar-refractivity contribution in [1.82, 2.24) is 10.3 Å². The van der Waals surface area contributed by atoms with E-state index in [-0.39, 0.29) is 29.8 Å². The minimum absolute atomic E-state index is 0.117. The number of aliphatic hydroxyl groups excluding tert-OH is 1. The summed E-state index contributed by atoms with van der Waals surface area (Å²) in [6.45, 7) is 4.61. The Balaban J connectivity index is 1.98. The minimum atomic E-state index is -0.207. The molecule has 1 aromatic heterocycles. The van der Waals surface area contributed by atoms with Gasteiger partial charge in [-0.2, -0.15) is 0 Å². The maximum Gasteiger partial charge on any atom is 0.265 e. The summed E-state index contributed by atoms with van der Waals surface area (Å²) in [6, 6.07) is 0.239. The number of carbonyl (C=O) groups excluding carboxylic acids is 1. The fourth-order valence-corrected chi connectivity index (χ4v) is 3.61. The van der Waals surface area contributed by atoms with Gasteiger partial charge in [0.05, 0.1) is 6.61 Å². The van der Waals surface area contributed by atoms with Gasteiger partial charge in [0, 0.05) is 18.0 Å². The summed E-state index contributed by atoms with van der Waals surface area (Å²) in [5.74, 6) is 0.0478. The van der Waals surface area contributed by atoms with E-state index in [2.05, 4.69) is 15.6 Å². The molecule has 0 aromatic carbocycles. The molecule has 1 aliphatic rings. The lowest BCUT2D eigenvalue weighted by Gasteiger charge is -2.26. The number of anilines is 2. The summed E-state index contributed by atoms with van der Waals surface area (Å²) in [5, 5.41) is 16.3. The molecule has 0 saturated heterocycles. The van der Waals surface area contributed by atoms with E-state index < -0.39 is 0 Å². The number of aromatic nitrogens is 1. The second kappa shape index (κ2) is 6.62. The van der Waals surface area contributed by atoms with Gasteiger partial charge in [-0.3, -0.25) is 4.79 Å². The first-order chi connectivity index (χ1) is 9.96. The number of carbonyl (C=O) groups is 1. The summed E-state index contributed by atoms with van der Waals surface area (Å²) >= 11 is 1.26. The Labute approximate surface area is 129 Å². The van der Waals surface area contributed by atoms with Crippen LogP contribution in [0.5, 0.6) is 0 Å². The maximum absolute atomic E-state index is 12.2.